The number of hydrogen-bond donors (Lipinski definition) is 0. The SMILES string of the molecule is Cc1ccc(C2=C3C(=O)N(C)C(c4ccc(-c5ccc(C)cc5)s4)=C3C(=O)N2C)cc1. The Morgan fingerprint density at radius 1 is 0.581 bits per heavy atom. The number of carbonyl (C=O) groups is 2. The van der Waals surface area contributed by atoms with Gasteiger partial charge in [-0.25, -0.2) is 0 Å². The lowest BCUT2D eigenvalue weighted by Gasteiger charge is -2.19. The Hall–Kier alpha value is -3.44. The summed E-state index contributed by atoms with van der Waals surface area (Å²) in [6, 6.07) is 20.4. The molecule has 0 fully saturated rings. The van der Waals surface area contributed by atoms with Crippen molar-refractivity contribution in [3.63, 3.8) is 0 Å². The van der Waals surface area contributed by atoms with E-state index >= 15 is 0 Å². The van der Waals surface area contributed by atoms with Gasteiger partial charge in [0.25, 0.3) is 11.8 Å². The molecule has 0 unspecified atom stereocenters. The van der Waals surface area contributed by atoms with Crippen molar-refractivity contribution in [1.82, 2.24) is 9.80 Å². The molecular weight excluding hydrogens is 404 g/mol. The van der Waals surface area contributed by atoms with Gasteiger partial charge < -0.3 is 9.80 Å². The minimum Gasteiger partial charge on any atom is -0.310 e. The average Bonchev–Trinajstić information content (AvgIpc) is 3.40. The molecule has 2 amide bonds. The van der Waals surface area contributed by atoms with Crippen LogP contribution in [0.3, 0.4) is 0 Å². The highest BCUT2D eigenvalue weighted by atomic mass is 32.1. The lowest BCUT2D eigenvalue weighted by Crippen LogP contribution is -2.25. The summed E-state index contributed by atoms with van der Waals surface area (Å²) in [5.74, 6) is -0.271. The molecule has 3 aromatic rings. The molecule has 0 spiro atoms. The highest BCUT2D eigenvalue weighted by molar-refractivity contribution is 7.16. The van der Waals surface area contributed by atoms with E-state index in [0.29, 0.717) is 22.5 Å². The number of benzene rings is 2. The van der Waals surface area contributed by atoms with Gasteiger partial charge in [-0.1, -0.05) is 59.7 Å². The van der Waals surface area contributed by atoms with Gasteiger partial charge in [0.2, 0.25) is 0 Å². The Labute approximate surface area is 185 Å². The Morgan fingerprint density at radius 2 is 1.03 bits per heavy atom. The van der Waals surface area contributed by atoms with Crippen molar-refractivity contribution in [1.29, 1.82) is 0 Å². The highest BCUT2D eigenvalue weighted by Gasteiger charge is 2.46. The maximum Gasteiger partial charge on any atom is 0.261 e. The van der Waals surface area contributed by atoms with Crippen LogP contribution in [0.15, 0.2) is 71.8 Å². The minimum absolute atomic E-state index is 0.136. The van der Waals surface area contributed by atoms with Crippen molar-refractivity contribution in [2.24, 2.45) is 0 Å². The molecule has 1 aromatic heterocycles. The Kier molecular flexibility index (Phi) is 4.45. The first-order chi connectivity index (χ1) is 14.9. The van der Waals surface area contributed by atoms with Crippen LogP contribution in [-0.2, 0) is 9.59 Å². The van der Waals surface area contributed by atoms with Gasteiger partial charge in [0, 0.05) is 19.0 Å². The monoisotopic (exact) mass is 426 g/mol. The maximum absolute atomic E-state index is 13.3. The number of carbonyl (C=O) groups excluding carboxylic acids is 2. The van der Waals surface area contributed by atoms with Crippen molar-refractivity contribution in [2.75, 3.05) is 14.1 Å². The van der Waals surface area contributed by atoms with Crippen LogP contribution in [0.2, 0.25) is 0 Å². The van der Waals surface area contributed by atoms with Crippen LogP contribution in [0.25, 0.3) is 21.8 Å². The molecule has 0 N–H and O–H groups in total. The van der Waals surface area contributed by atoms with Crippen LogP contribution >= 0.6 is 11.3 Å². The quantitative estimate of drug-likeness (QED) is 0.585. The number of fused-ring (bicyclic) bond motifs is 1. The second-order valence-electron chi connectivity index (χ2n) is 8.07. The summed E-state index contributed by atoms with van der Waals surface area (Å²) in [5.41, 5.74) is 6.73. The lowest BCUT2D eigenvalue weighted by atomic mass is 10.0. The van der Waals surface area contributed by atoms with Gasteiger partial charge in [0.05, 0.1) is 27.4 Å². The lowest BCUT2D eigenvalue weighted by molar-refractivity contribution is -0.123. The number of amides is 2. The molecule has 2 aliphatic rings. The summed E-state index contributed by atoms with van der Waals surface area (Å²) in [4.78, 5) is 31.8. The molecule has 0 aliphatic carbocycles. The zero-order valence-corrected chi connectivity index (χ0v) is 18.7. The van der Waals surface area contributed by atoms with E-state index in [1.165, 1.54) is 5.56 Å². The molecule has 0 bridgehead atoms. The number of rotatable bonds is 3. The van der Waals surface area contributed by atoms with Crippen LogP contribution in [-0.4, -0.2) is 35.7 Å². The van der Waals surface area contributed by atoms with Crippen LogP contribution in [0.1, 0.15) is 21.6 Å². The van der Waals surface area contributed by atoms with Gasteiger partial charge in [-0.3, -0.25) is 9.59 Å². The van der Waals surface area contributed by atoms with Crippen LogP contribution in [0.4, 0.5) is 0 Å². The first-order valence-electron chi connectivity index (χ1n) is 10.2. The van der Waals surface area contributed by atoms with E-state index in [1.807, 2.05) is 37.3 Å². The molecule has 154 valence electrons. The van der Waals surface area contributed by atoms with Gasteiger partial charge in [-0.05, 0) is 37.1 Å². The fourth-order valence-electron chi connectivity index (χ4n) is 4.20. The predicted molar refractivity (Wildman–Crippen MR) is 125 cm³/mol. The minimum atomic E-state index is -0.136. The fourth-order valence-corrected chi connectivity index (χ4v) is 5.30. The highest BCUT2D eigenvalue weighted by Crippen LogP contribution is 2.47. The van der Waals surface area contributed by atoms with Crippen LogP contribution < -0.4 is 0 Å². The molecule has 3 heterocycles. The summed E-state index contributed by atoms with van der Waals surface area (Å²) >= 11 is 1.60. The number of aryl methyl sites for hydroxylation is 2. The normalized spacial score (nSPS) is 16.1. The second kappa shape index (κ2) is 7.06. The third-order valence-corrected chi connectivity index (χ3v) is 7.07. The number of hydrogen-bond acceptors (Lipinski definition) is 3. The number of likely N-dealkylation sites (N-methyl/N-ethyl adjacent to an activating group) is 2. The van der Waals surface area contributed by atoms with E-state index in [4.69, 9.17) is 0 Å². The predicted octanol–water partition coefficient (Wildman–Crippen LogP) is 5.10. The van der Waals surface area contributed by atoms with Crippen molar-refractivity contribution < 1.29 is 9.59 Å². The van der Waals surface area contributed by atoms with Crippen LogP contribution in [0, 0.1) is 13.8 Å². The second-order valence-corrected chi connectivity index (χ2v) is 9.16. The van der Waals surface area contributed by atoms with E-state index in [2.05, 4.69) is 37.3 Å². The van der Waals surface area contributed by atoms with Crippen molar-refractivity contribution >= 4 is 34.5 Å². The summed E-state index contributed by atoms with van der Waals surface area (Å²) in [6.45, 7) is 4.09. The molecule has 0 atom stereocenters. The molecule has 2 aliphatic heterocycles. The fraction of sp³-hybridized carbons (Fsp3) is 0.154. The van der Waals surface area contributed by atoms with Gasteiger partial charge >= 0.3 is 0 Å². The molecule has 0 saturated heterocycles. The van der Waals surface area contributed by atoms with E-state index in [-0.39, 0.29) is 11.8 Å². The third kappa shape index (κ3) is 2.96. The van der Waals surface area contributed by atoms with Gasteiger partial charge in [0.15, 0.2) is 0 Å². The summed E-state index contributed by atoms with van der Waals surface area (Å²) in [5, 5.41) is 0. The van der Waals surface area contributed by atoms with Crippen LogP contribution in [0.5, 0.6) is 0 Å². The first-order valence-corrected chi connectivity index (χ1v) is 11.0. The molecule has 0 saturated carbocycles. The third-order valence-electron chi connectivity index (χ3n) is 5.93. The largest absolute Gasteiger partial charge is 0.310 e. The molecule has 2 aromatic carbocycles. The van der Waals surface area contributed by atoms with E-state index in [1.54, 1.807) is 35.2 Å². The topological polar surface area (TPSA) is 40.6 Å². The first kappa shape index (κ1) is 19.5. The summed E-state index contributed by atoms with van der Waals surface area (Å²) < 4.78 is 0. The molecule has 0 radical (unpaired) electrons. The smallest absolute Gasteiger partial charge is 0.261 e. The molecule has 31 heavy (non-hydrogen) atoms. The van der Waals surface area contributed by atoms with Crippen molar-refractivity contribution in [2.45, 2.75) is 13.8 Å². The molecular formula is C26H22N2O2S. The zero-order chi connectivity index (χ0) is 21.9. The summed E-state index contributed by atoms with van der Waals surface area (Å²) in [7, 11) is 3.49. The Morgan fingerprint density at radius 3 is 1.61 bits per heavy atom. The Balaban J connectivity index is 1.66. The van der Waals surface area contributed by atoms with E-state index in [9.17, 15) is 9.59 Å². The number of nitrogens with zero attached hydrogens (tertiary/aromatic N) is 2. The summed E-state index contributed by atoms with van der Waals surface area (Å²) in [6.07, 6.45) is 0. The van der Waals surface area contributed by atoms with Crippen molar-refractivity contribution in [3.05, 3.63) is 93.4 Å². The average molecular weight is 427 g/mol. The van der Waals surface area contributed by atoms with Gasteiger partial charge in [-0.15, -0.1) is 11.3 Å². The Bertz CT molecular complexity index is 1290. The van der Waals surface area contributed by atoms with Crippen molar-refractivity contribution in [3.8, 4) is 10.4 Å². The number of thiophene rings is 1. The zero-order valence-electron chi connectivity index (χ0n) is 17.9. The van der Waals surface area contributed by atoms with E-state index < -0.39 is 0 Å². The van der Waals surface area contributed by atoms with Gasteiger partial charge in [0.1, 0.15) is 0 Å². The maximum atomic E-state index is 13.3. The molecule has 5 rings (SSSR count). The molecule has 4 nitrogen and oxygen atoms in total. The van der Waals surface area contributed by atoms with E-state index in [0.717, 1.165) is 26.4 Å². The molecule has 5 heteroatoms. The standard InChI is InChI=1S/C26H22N2O2S/c1-15-5-9-17(10-6-15)19-13-14-20(31-19)24-22-21(25(29)28(24)4)23(27(3)26(22)30)18-11-7-16(2)8-12-18/h5-14H,1-4H3. The van der Waals surface area contributed by atoms with Gasteiger partial charge in [-0.2, -0.15) is 0 Å².